The molecule has 0 fully saturated rings. The molecule has 0 aliphatic carbocycles. The van der Waals surface area contributed by atoms with E-state index < -0.39 is 0 Å². The topological polar surface area (TPSA) is 0 Å². The van der Waals surface area contributed by atoms with Gasteiger partial charge < -0.3 is 0 Å². The van der Waals surface area contributed by atoms with Gasteiger partial charge in [-0.2, -0.15) is 0 Å². The molecule has 0 radical (unpaired) electrons. The van der Waals surface area contributed by atoms with Gasteiger partial charge in [0, 0.05) is 5.03 Å². The second-order valence-electron chi connectivity index (χ2n) is 3.21. The van der Waals surface area contributed by atoms with E-state index in [1.807, 2.05) is 6.07 Å². The molecule has 0 aliphatic heterocycles. The molecule has 70 valence electrons. The van der Waals surface area contributed by atoms with Crippen LogP contribution in [0.1, 0.15) is 24.8 Å². The third-order valence-corrected chi connectivity index (χ3v) is 2.20. The van der Waals surface area contributed by atoms with Gasteiger partial charge in [-0.05, 0) is 31.2 Å². The lowest BCUT2D eigenvalue weighted by atomic mass is 10.1. The lowest BCUT2D eigenvalue weighted by Gasteiger charge is -2.00. The van der Waals surface area contributed by atoms with E-state index in [1.54, 1.807) is 0 Å². The number of hydrogen-bond acceptors (Lipinski definition) is 0. The Labute approximate surface area is 85.2 Å². The highest BCUT2D eigenvalue weighted by molar-refractivity contribution is 6.29. The Morgan fingerprint density at radius 1 is 1.15 bits per heavy atom. The minimum atomic E-state index is 0.771. The zero-order chi connectivity index (χ0) is 9.52. The van der Waals surface area contributed by atoms with E-state index in [-0.39, 0.29) is 0 Å². The lowest BCUT2D eigenvalue weighted by Crippen LogP contribution is -1.84. The summed E-state index contributed by atoms with van der Waals surface area (Å²) in [6, 6.07) is 10.5. The van der Waals surface area contributed by atoms with Gasteiger partial charge in [0.15, 0.2) is 0 Å². The van der Waals surface area contributed by atoms with Crippen LogP contribution in [-0.2, 0) is 6.42 Å². The Morgan fingerprint density at radius 2 is 1.85 bits per heavy atom. The van der Waals surface area contributed by atoms with Gasteiger partial charge in [0.05, 0.1) is 0 Å². The van der Waals surface area contributed by atoms with Crippen LogP contribution in [0.2, 0.25) is 0 Å². The fourth-order valence-corrected chi connectivity index (χ4v) is 1.42. The van der Waals surface area contributed by atoms with Crippen molar-refractivity contribution in [2.24, 2.45) is 0 Å². The zero-order valence-corrected chi connectivity index (χ0v) is 8.56. The molecule has 1 heteroatoms. The average Bonchev–Trinajstić information content (AvgIpc) is 2.14. The highest BCUT2D eigenvalue weighted by Gasteiger charge is 1.93. The van der Waals surface area contributed by atoms with Crippen molar-refractivity contribution in [1.29, 1.82) is 0 Å². The molecule has 1 aromatic rings. The fourth-order valence-electron chi connectivity index (χ4n) is 1.29. The summed E-state index contributed by atoms with van der Waals surface area (Å²) in [7, 11) is 0. The summed E-state index contributed by atoms with van der Waals surface area (Å²) in [6.45, 7) is 3.67. The van der Waals surface area contributed by atoms with Crippen molar-refractivity contribution in [1.82, 2.24) is 0 Å². The molecule has 13 heavy (non-hydrogen) atoms. The van der Waals surface area contributed by atoms with Crippen LogP contribution < -0.4 is 0 Å². The number of aryl methyl sites for hydroxylation is 1. The maximum absolute atomic E-state index is 5.67. The number of benzene rings is 1. The third kappa shape index (κ3) is 4.74. The summed E-state index contributed by atoms with van der Waals surface area (Å²) in [6.07, 6.45) is 4.41. The molecular formula is C12H15Cl. The molecule has 0 N–H and O–H groups in total. The van der Waals surface area contributed by atoms with Gasteiger partial charge >= 0.3 is 0 Å². The molecule has 0 nitrogen and oxygen atoms in total. The molecule has 0 aromatic heterocycles. The first-order valence-corrected chi connectivity index (χ1v) is 5.04. The van der Waals surface area contributed by atoms with Crippen molar-refractivity contribution in [3.05, 3.63) is 47.5 Å². The standard InChI is InChI=1S/C12H15Cl/c1-11(13)7-5-6-10-12-8-3-2-4-9-12/h2-4,8-9H,1,5-7,10H2. The molecule has 0 aliphatic rings. The second-order valence-corrected chi connectivity index (χ2v) is 3.74. The molecule has 0 saturated carbocycles. The van der Waals surface area contributed by atoms with Crippen LogP contribution in [0.15, 0.2) is 41.9 Å². The van der Waals surface area contributed by atoms with Crippen LogP contribution in [0.3, 0.4) is 0 Å². The van der Waals surface area contributed by atoms with Gasteiger partial charge in [0.2, 0.25) is 0 Å². The van der Waals surface area contributed by atoms with E-state index in [9.17, 15) is 0 Å². The predicted molar refractivity (Wildman–Crippen MR) is 59.0 cm³/mol. The van der Waals surface area contributed by atoms with Crippen LogP contribution in [0, 0.1) is 0 Å². The SMILES string of the molecule is C=C(Cl)CCCCc1ccccc1. The van der Waals surface area contributed by atoms with Crippen LogP contribution in [0.25, 0.3) is 0 Å². The zero-order valence-electron chi connectivity index (χ0n) is 7.80. The molecule has 0 amide bonds. The average molecular weight is 195 g/mol. The van der Waals surface area contributed by atoms with Gasteiger partial charge in [0.1, 0.15) is 0 Å². The van der Waals surface area contributed by atoms with Crippen molar-refractivity contribution in [3.63, 3.8) is 0 Å². The smallest absolute Gasteiger partial charge is 0.0109 e. The van der Waals surface area contributed by atoms with Gasteiger partial charge in [0.25, 0.3) is 0 Å². The Bertz CT molecular complexity index is 251. The second kappa shape index (κ2) is 5.82. The first-order valence-electron chi connectivity index (χ1n) is 4.66. The number of halogens is 1. The number of hydrogen-bond donors (Lipinski definition) is 0. The van der Waals surface area contributed by atoms with E-state index in [1.165, 1.54) is 12.0 Å². The van der Waals surface area contributed by atoms with Crippen LogP contribution in [0.4, 0.5) is 0 Å². The van der Waals surface area contributed by atoms with Crippen molar-refractivity contribution < 1.29 is 0 Å². The molecule has 1 rings (SSSR count). The molecule has 0 bridgehead atoms. The Balaban J connectivity index is 2.17. The summed E-state index contributed by atoms with van der Waals surface area (Å²) in [5.41, 5.74) is 1.41. The van der Waals surface area contributed by atoms with Crippen molar-refractivity contribution in [3.8, 4) is 0 Å². The molecule has 0 spiro atoms. The van der Waals surface area contributed by atoms with E-state index in [2.05, 4.69) is 30.8 Å². The van der Waals surface area contributed by atoms with Gasteiger partial charge in [-0.15, -0.1) is 0 Å². The predicted octanol–water partition coefficient (Wildman–Crippen LogP) is 4.15. The first kappa shape index (κ1) is 10.3. The van der Waals surface area contributed by atoms with E-state index >= 15 is 0 Å². The van der Waals surface area contributed by atoms with Crippen LogP contribution >= 0.6 is 11.6 Å². The normalized spacial score (nSPS) is 9.92. The molecule has 0 saturated heterocycles. The Kier molecular flexibility index (Phi) is 4.63. The Hall–Kier alpha value is -0.750. The fraction of sp³-hybridized carbons (Fsp3) is 0.333. The minimum absolute atomic E-state index is 0.771. The molecular weight excluding hydrogens is 180 g/mol. The van der Waals surface area contributed by atoms with Crippen molar-refractivity contribution in [2.75, 3.05) is 0 Å². The van der Waals surface area contributed by atoms with Crippen LogP contribution in [-0.4, -0.2) is 0 Å². The van der Waals surface area contributed by atoms with Gasteiger partial charge in [-0.3, -0.25) is 0 Å². The number of rotatable bonds is 5. The molecule has 0 heterocycles. The van der Waals surface area contributed by atoms with Gasteiger partial charge in [-0.25, -0.2) is 0 Å². The summed E-state index contributed by atoms with van der Waals surface area (Å²) in [4.78, 5) is 0. The van der Waals surface area contributed by atoms with Gasteiger partial charge in [-0.1, -0.05) is 48.5 Å². The minimum Gasteiger partial charge on any atom is -0.0898 e. The summed E-state index contributed by atoms with van der Waals surface area (Å²) < 4.78 is 0. The quantitative estimate of drug-likeness (QED) is 0.618. The molecule has 0 atom stereocenters. The summed E-state index contributed by atoms with van der Waals surface area (Å²) >= 11 is 5.67. The van der Waals surface area contributed by atoms with E-state index in [0.717, 1.165) is 24.3 Å². The molecule has 0 unspecified atom stereocenters. The van der Waals surface area contributed by atoms with Crippen molar-refractivity contribution >= 4 is 11.6 Å². The number of allylic oxidation sites excluding steroid dienone is 1. The van der Waals surface area contributed by atoms with Crippen LogP contribution in [0.5, 0.6) is 0 Å². The highest BCUT2D eigenvalue weighted by atomic mass is 35.5. The van der Waals surface area contributed by atoms with E-state index in [4.69, 9.17) is 11.6 Å². The highest BCUT2D eigenvalue weighted by Crippen LogP contribution is 2.11. The number of unbranched alkanes of at least 4 members (excludes halogenated alkanes) is 1. The Morgan fingerprint density at radius 3 is 2.46 bits per heavy atom. The third-order valence-electron chi connectivity index (χ3n) is 2.01. The largest absolute Gasteiger partial charge is 0.0898 e. The molecule has 1 aromatic carbocycles. The monoisotopic (exact) mass is 194 g/mol. The maximum atomic E-state index is 5.67. The first-order chi connectivity index (χ1) is 6.29. The summed E-state index contributed by atoms with van der Waals surface area (Å²) in [5.74, 6) is 0. The van der Waals surface area contributed by atoms with Crippen molar-refractivity contribution in [2.45, 2.75) is 25.7 Å². The maximum Gasteiger partial charge on any atom is 0.0109 e. The van der Waals surface area contributed by atoms with E-state index in [0.29, 0.717) is 0 Å². The lowest BCUT2D eigenvalue weighted by molar-refractivity contribution is 0.743. The summed E-state index contributed by atoms with van der Waals surface area (Å²) in [5, 5.41) is 0.771.